The van der Waals surface area contributed by atoms with E-state index in [1.54, 1.807) is 31.2 Å². The average Bonchev–Trinajstić information content (AvgIpc) is 2.81. The van der Waals surface area contributed by atoms with Gasteiger partial charge >= 0.3 is 0 Å². The van der Waals surface area contributed by atoms with Crippen LogP contribution in [0.2, 0.25) is 5.02 Å². The van der Waals surface area contributed by atoms with Gasteiger partial charge in [-0.3, -0.25) is 9.59 Å². The number of rotatable bonds is 9. The summed E-state index contributed by atoms with van der Waals surface area (Å²) < 4.78 is 5.62. The smallest absolute Gasteiger partial charge is 0.261 e. The van der Waals surface area contributed by atoms with Gasteiger partial charge in [-0.15, -0.1) is 0 Å². The van der Waals surface area contributed by atoms with Gasteiger partial charge in [0.15, 0.2) is 6.61 Å². The van der Waals surface area contributed by atoms with E-state index in [-0.39, 0.29) is 18.4 Å². The standard InChI is InChI=1S/C25H25ClN2O3/c1-19(25(30)27-16-20-10-4-2-5-11-20)28(17-21-12-6-3-7-13-21)24(29)18-31-23-15-9-8-14-22(23)26/h2-15,19H,16-18H2,1H3,(H,27,30). The third kappa shape index (κ3) is 6.59. The second-order valence-electron chi connectivity index (χ2n) is 7.11. The lowest BCUT2D eigenvalue weighted by Gasteiger charge is -2.28. The van der Waals surface area contributed by atoms with Crippen molar-refractivity contribution >= 4 is 23.4 Å². The Hall–Kier alpha value is -3.31. The summed E-state index contributed by atoms with van der Waals surface area (Å²) in [4.78, 5) is 27.4. The molecule has 0 saturated carbocycles. The molecule has 0 saturated heterocycles. The van der Waals surface area contributed by atoms with E-state index < -0.39 is 6.04 Å². The molecule has 0 aromatic heterocycles. The van der Waals surface area contributed by atoms with Gasteiger partial charge in [0, 0.05) is 13.1 Å². The third-order valence-electron chi connectivity index (χ3n) is 4.86. The Kier molecular flexibility index (Phi) is 8.07. The minimum atomic E-state index is -0.675. The van der Waals surface area contributed by atoms with Gasteiger partial charge < -0.3 is 15.0 Å². The van der Waals surface area contributed by atoms with E-state index >= 15 is 0 Å². The van der Waals surface area contributed by atoms with Crippen LogP contribution in [0.4, 0.5) is 0 Å². The zero-order chi connectivity index (χ0) is 22.1. The van der Waals surface area contributed by atoms with Crippen molar-refractivity contribution in [3.05, 3.63) is 101 Å². The maximum atomic E-state index is 13.0. The number of amides is 2. The van der Waals surface area contributed by atoms with Gasteiger partial charge in [0.2, 0.25) is 5.91 Å². The predicted molar refractivity (Wildman–Crippen MR) is 122 cm³/mol. The van der Waals surface area contributed by atoms with Crippen LogP contribution in [-0.2, 0) is 22.7 Å². The first-order chi connectivity index (χ1) is 15.0. The molecule has 3 rings (SSSR count). The van der Waals surface area contributed by atoms with Gasteiger partial charge in [-0.25, -0.2) is 0 Å². The average molecular weight is 437 g/mol. The molecule has 2 amide bonds. The Labute approximate surface area is 187 Å². The number of hydrogen-bond donors (Lipinski definition) is 1. The molecule has 0 spiro atoms. The molecule has 0 radical (unpaired) electrons. The second kappa shape index (κ2) is 11.2. The third-order valence-corrected chi connectivity index (χ3v) is 5.17. The Morgan fingerprint density at radius 1 is 0.903 bits per heavy atom. The van der Waals surface area contributed by atoms with Gasteiger partial charge in [-0.1, -0.05) is 84.4 Å². The topological polar surface area (TPSA) is 58.6 Å². The zero-order valence-electron chi connectivity index (χ0n) is 17.3. The van der Waals surface area contributed by atoms with Crippen molar-refractivity contribution in [2.45, 2.75) is 26.1 Å². The van der Waals surface area contributed by atoms with Crippen LogP contribution in [-0.4, -0.2) is 29.4 Å². The Morgan fingerprint density at radius 2 is 1.48 bits per heavy atom. The minimum Gasteiger partial charge on any atom is -0.482 e. The van der Waals surface area contributed by atoms with Crippen LogP contribution in [0.25, 0.3) is 0 Å². The van der Waals surface area contributed by atoms with Gasteiger partial charge in [0.25, 0.3) is 5.91 Å². The lowest BCUT2D eigenvalue weighted by Crippen LogP contribution is -2.48. The number of carbonyl (C=O) groups excluding carboxylic acids is 2. The number of para-hydroxylation sites is 1. The molecule has 31 heavy (non-hydrogen) atoms. The van der Waals surface area contributed by atoms with E-state index in [1.807, 2.05) is 60.7 Å². The zero-order valence-corrected chi connectivity index (χ0v) is 18.1. The maximum absolute atomic E-state index is 13.0. The monoisotopic (exact) mass is 436 g/mol. The Morgan fingerprint density at radius 3 is 2.13 bits per heavy atom. The molecule has 0 aliphatic rings. The fourth-order valence-electron chi connectivity index (χ4n) is 3.08. The summed E-state index contributed by atoms with van der Waals surface area (Å²) in [5.74, 6) is -0.102. The lowest BCUT2D eigenvalue weighted by molar-refractivity contribution is -0.142. The summed E-state index contributed by atoms with van der Waals surface area (Å²) in [5.41, 5.74) is 1.92. The van der Waals surface area contributed by atoms with Crippen LogP contribution >= 0.6 is 11.6 Å². The van der Waals surface area contributed by atoms with E-state index in [1.165, 1.54) is 4.90 Å². The van der Waals surface area contributed by atoms with Crippen LogP contribution in [0.1, 0.15) is 18.1 Å². The maximum Gasteiger partial charge on any atom is 0.261 e. The van der Waals surface area contributed by atoms with Gasteiger partial charge in [0.1, 0.15) is 11.8 Å². The highest BCUT2D eigenvalue weighted by molar-refractivity contribution is 6.32. The quantitative estimate of drug-likeness (QED) is 0.539. The molecule has 3 aromatic rings. The molecule has 0 bridgehead atoms. The van der Waals surface area contributed by atoms with Crippen molar-refractivity contribution in [2.24, 2.45) is 0 Å². The lowest BCUT2D eigenvalue weighted by atomic mass is 10.1. The van der Waals surface area contributed by atoms with E-state index in [0.717, 1.165) is 11.1 Å². The Bertz CT molecular complexity index is 996. The van der Waals surface area contributed by atoms with E-state index in [9.17, 15) is 9.59 Å². The Balaban J connectivity index is 1.69. The van der Waals surface area contributed by atoms with Crippen LogP contribution in [0.5, 0.6) is 5.75 Å². The number of benzene rings is 3. The molecule has 3 aromatic carbocycles. The summed E-state index contributed by atoms with van der Waals surface area (Å²) >= 11 is 6.12. The molecular weight excluding hydrogens is 412 g/mol. The molecule has 5 nitrogen and oxygen atoms in total. The van der Waals surface area contributed by atoms with Crippen molar-refractivity contribution in [3.63, 3.8) is 0 Å². The summed E-state index contributed by atoms with van der Waals surface area (Å²) in [5, 5.41) is 3.34. The molecule has 1 N–H and O–H groups in total. The van der Waals surface area contributed by atoms with Gasteiger partial charge in [-0.05, 0) is 30.2 Å². The van der Waals surface area contributed by atoms with Crippen molar-refractivity contribution in [3.8, 4) is 5.75 Å². The van der Waals surface area contributed by atoms with E-state index in [0.29, 0.717) is 23.9 Å². The van der Waals surface area contributed by atoms with E-state index in [4.69, 9.17) is 16.3 Å². The predicted octanol–water partition coefficient (Wildman–Crippen LogP) is 4.45. The molecule has 0 fully saturated rings. The number of nitrogens with one attached hydrogen (secondary N) is 1. The normalized spacial score (nSPS) is 11.4. The number of ether oxygens (including phenoxy) is 1. The van der Waals surface area contributed by atoms with Crippen molar-refractivity contribution in [1.29, 1.82) is 0 Å². The van der Waals surface area contributed by atoms with Crippen LogP contribution in [0, 0.1) is 0 Å². The summed E-state index contributed by atoms with van der Waals surface area (Å²) in [6.07, 6.45) is 0. The number of nitrogens with zero attached hydrogens (tertiary/aromatic N) is 1. The van der Waals surface area contributed by atoms with Gasteiger partial charge in [-0.2, -0.15) is 0 Å². The molecule has 160 valence electrons. The molecule has 6 heteroatoms. The first-order valence-electron chi connectivity index (χ1n) is 10.1. The first kappa shape index (κ1) is 22.4. The van der Waals surface area contributed by atoms with Crippen LogP contribution < -0.4 is 10.1 Å². The summed E-state index contributed by atoms with van der Waals surface area (Å²) in [7, 11) is 0. The molecule has 0 heterocycles. The minimum absolute atomic E-state index is 0.215. The molecule has 1 unspecified atom stereocenters. The molecule has 1 atom stereocenters. The summed E-state index contributed by atoms with van der Waals surface area (Å²) in [6, 6.07) is 25.5. The fourth-order valence-corrected chi connectivity index (χ4v) is 3.27. The largest absolute Gasteiger partial charge is 0.482 e. The molecular formula is C25H25ClN2O3. The number of carbonyl (C=O) groups is 2. The highest BCUT2D eigenvalue weighted by Gasteiger charge is 2.26. The fraction of sp³-hybridized carbons (Fsp3) is 0.200. The molecule has 0 aliphatic carbocycles. The second-order valence-corrected chi connectivity index (χ2v) is 7.51. The van der Waals surface area contributed by atoms with Gasteiger partial charge in [0.05, 0.1) is 5.02 Å². The number of halogens is 1. The SMILES string of the molecule is CC(C(=O)NCc1ccccc1)N(Cc1ccccc1)C(=O)COc1ccccc1Cl. The highest BCUT2D eigenvalue weighted by atomic mass is 35.5. The van der Waals surface area contributed by atoms with Crippen LogP contribution in [0.3, 0.4) is 0 Å². The van der Waals surface area contributed by atoms with Crippen molar-refractivity contribution in [1.82, 2.24) is 10.2 Å². The van der Waals surface area contributed by atoms with Crippen LogP contribution in [0.15, 0.2) is 84.9 Å². The number of hydrogen-bond acceptors (Lipinski definition) is 3. The first-order valence-corrected chi connectivity index (χ1v) is 10.4. The summed E-state index contributed by atoms with van der Waals surface area (Å²) in [6.45, 7) is 2.20. The van der Waals surface area contributed by atoms with Crippen molar-refractivity contribution < 1.29 is 14.3 Å². The van der Waals surface area contributed by atoms with E-state index in [2.05, 4.69) is 5.32 Å². The highest BCUT2D eigenvalue weighted by Crippen LogP contribution is 2.23. The van der Waals surface area contributed by atoms with Crippen molar-refractivity contribution in [2.75, 3.05) is 6.61 Å². The molecule has 0 aliphatic heterocycles.